The van der Waals surface area contributed by atoms with E-state index >= 15 is 0 Å². The first-order valence-electron chi connectivity index (χ1n) is 13.1. The molecule has 0 bridgehead atoms. The number of hydrogen-bond donors (Lipinski definition) is 2. The largest absolute Gasteiger partial charge is 1.00 e. The number of rotatable bonds is 12. The van der Waals surface area contributed by atoms with E-state index < -0.39 is 27.9 Å². The minimum absolute atomic E-state index is 0. The summed E-state index contributed by atoms with van der Waals surface area (Å²) in [7, 11) is -4.08. The van der Waals surface area contributed by atoms with Crippen molar-refractivity contribution in [2.45, 2.75) is 30.8 Å². The number of carboxylic acids is 1. The number of thioether (sulfide) groups is 1. The molecule has 0 aliphatic carbocycles. The Morgan fingerprint density at radius 1 is 0.905 bits per heavy atom. The number of carbonyl (C=O) groups excluding carboxylic acids is 1. The van der Waals surface area contributed by atoms with Crippen molar-refractivity contribution in [3.8, 4) is 11.1 Å². The Hall–Kier alpha value is -3.48. The third kappa shape index (κ3) is 7.87. The van der Waals surface area contributed by atoms with Gasteiger partial charge in [-0.25, -0.2) is 13.2 Å². The van der Waals surface area contributed by atoms with Crippen LogP contribution < -0.4 is 28.5 Å². The predicted molar refractivity (Wildman–Crippen MR) is 166 cm³/mol. The van der Waals surface area contributed by atoms with Crippen LogP contribution in [0.2, 0.25) is 0 Å². The van der Waals surface area contributed by atoms with Crippen LogP contribution in [0, 0.1) is 6.92 Å². The number of para-hydroxylation sites is 1. The van der Waals surface area contributed by atoms with Gasteiger partial charge in [0.2, 0.25) is 0 Å². The van der Waals surface area contributed by atoms with Crippen LogP contribution in [0.25, 0.3) is 11.1 Å². The molecule has 2 N–H and O–H groups in total. The van der Waals surface area contributed by atoms with Gasteiger partial charge in [0.15, 0.2) is 0 Å². The predicted octanol–water partition coefficient (Wildman–Crippen LogP) is 3.11. The van der Waals surface area contributed by atoms with Crippen LogP contribution in [-0.4, -0.2) is 43.5 Å². The standard InChI is InChI=1S/C32H32N2O5S2.Li.H/c1-23-11-9-10-16-27(23)29-21-26(17-18-28(29)31(35)33-30(32(36)37)19-20-40-2)41(38,39)34(25-14-7-4-8-15-25)22-24-12-5-3-6-13-24;;/h3-18,21,30H,19-20,22H2,1-2H3,(H,33,35)(H,36,37);;/q;+1;-1/t30-;;/m0../s1. The molecule has 7 nitrogen and oxygen atoms in total. The van der Waals surface area contributed by atoms with Gasteiger partial charge in [0, 0.05) is 5.56 Å². The maximum atomic E-state index is 14.2. The van der Waals surface area contributed by atoms with Crippen molar-refractivity contribution >= 4 is 39.3 Å². The van der Waals surface area contributed by atoms with Crippen LogP contribution in [0.3, 0.4) is 0 Å². The van der Waals surface area contributed by atoms with E-state index in [4.69, 9.17) is 0 Å². The third-order valence-corrected chi connectivity index (χ3v) is 9.10. The molecule has 42 heavy (non-hydrogen) atoms. The number of nitrogens with one attached hydrogen (secondary N) is 1. The number of nitrogens with zero attached hydrogens (tertiary/aromatic N) is 1. The molecule has 4 rings (SSSR count). The minimum Gasteiger partial charge on any atom is -1.00 e. The van der Waals surface area contributed by atoms with Crippen molar-refractivity contribution in [3.05, 3.63) is 120 Å². The Morgan fingerprint density at radius 2 is 1.52 bits per heavy atom. The van der Waals surface area contributed by atoms with Crippen molar-refractivity contribution in [2.75, 3.05) is 16.3 Å². The van der Waals surface area contributed by atoms with Crippen molar-refractivity contribution in [1.29, 1.82) is 0 Å². The monoisotopic (exact) mass is 596 g/mol. The third-order valence-electron chi connectivity index (χ3n) is 6.69. The number of hydrogen-bond acceptors (Lipinski definition) is 5. The number of carbonyl (C=O) groups is 2. The first-order valence-corrected chi connectivity index (χ1v) is 15.9. The maximum Gasteiger partial charge on any atom is 1.00 e. The van der Waals surface area contributed by atoms with E-state index in [1.54, 1.807) is 24.3 Å². The number of aryl methyl sites for hydroxylation is 1. The van der Waals surface area contributed by atoms with Crippen LogP contribution in [0.15, 0.2) is 108 Å². The number of sulfonamides is 1. The molecule has 10 heteroatoms. The van der Waals surface area contributed by atoms with Crippen LogP contribution in [-0.2, 0) is 21.4 Å². The second-order valence-electron chi connectivity index (χ2n) is 9.50. The molecular formula is C32H33LiN2O5S2. The Balaban J connectivity index is 0.00000323. The molecule has 0 saturated heterocycles. The first kappa shape index (κ1) is 33.0. The molecular weight excluding hydrogens is 563 g/mol. The molecule has 214 valence electrons. The molecule has 0 heterocycles. The Morgan fingerprint density at radius 3 is 2.14 bits per heavy atom. The normalized spacial score (nSPS) is 11.7. The molecule has 4 aromatic rings. The molecule has 0 saturated carbocycles. The van der Waals surface area contributed by atoms with Gasteiger partial charge in [-0.1, -0.05) is 72.8 Å². The average molecular weight is 597 g/mol. The zero-order chi connectivity index (χ0) is 29.4. The molecule has 0 unspecified atom stereocenters. The number of amides is 1. The summed E-state index contributed by atoms with van der Waals surface area (Å²) in [6, 6.07) is 28.9. The molecule has 0 aliphatic rings. The Kier molecular flexibility index (Phi) is 11.9. The first-order chi connectivity index (χ1) is 19.7. The molecule has 1 amide bonds. The SMILES string of the molecule is CSCC[C@H](NC(=O)c1ccc(S(=O)(=O)N(Cc2ccccc2)c2ccccc2)cc1-c1ccccc1C)C(=O)O.[H-].[Li+]. The summed E-state index contributed by atoms with van der Waals surface area (Å²) in [5.41, 5.74) is 3.46. The van der Waals surface area contributed by atoms with Gasteiger partial charge in [0.05, 0.1) is 17.1 Å². The van der Waals surface area contributed by atoms with Gasteiger partial charge in [0.25, 0.3) is 15.9 Å². The van der Waals surface area contributed by atoms with Crippen LogP contribution in [0.4, 0.5) is 5.69 Å². The van der Waals surface area contributed by atoms with Gasteiger partial charge in [-0.15, -0.1) is 0 Å². The van der Waals surface area contributed by atoms with E-state index in [2.05, 4.69) is 5.32 Å². The van der Waals surface area contributed by atoms with Gasteiger partial charge in [-0.2, -0.15) is 11.8 Å². The topological polar surface area (TPSA) is 104 Å². The molecule has 0 aromatic heterocycles. The summed E-state index contributed by atoms with van der Waals surface area (Å²) in [6.07, 6.45) is 2.13. The van der Waals surface area contributed by atoms with E-state index in [9.17, 15) is 23.1 Å². The number of benzene rings is 4. The van der Waals surface area contributed by atoms with Crippen LogP contribution in [0.5, 0.6) is 0 Å². The van der Waals surface area contributed by atoms with Crippen LogP contribution in [0.1, 0.15) is 29.3 Å². The van der Waals surface area contributed by atoms with Crippen molar-refractivity contribution in [3.63, 3.8) is 0 Å². The van der Waals surface area contributed by atoms with E-state index in [1.807, 2.05) is 73.8 Å². The smallest absolute Gasteiger partial charge is 1.00 e. The summed E-state index contributed by atoms with van der Waals surface area (Å²) in [4.78, 5) is 25.3. The van der Waals surface area contributed by atoms with E-state index in [1.165, 1.54) is 34.3 Å². The molecule has 0 fully saturated rings. The fourth-order valence-electron chi connectivity index (χ4n) is 4.49. The summed E-state index contributed by atoms with van der Waals surface area (Å²) < 4.78 is 29.8. The quantitative estimate of drug-likeness (QED) is 0.244. The fraction of sp³-hybridized carbons (Fsp3) is 0.188. The van der Waals surface area contributed by atoms with Gasteiger partial charge in [-0.05, 0) is 77.9 Å². The maximum absolute atomic E-state index is 14.2. The van der Waals surface area contributed by atoms with Crippen molar-refractivity contribution < 1.29 is 43.4 Å². The van der Waals surface area contributed by atoms with Gasteiger partial charge < -0.3 is 11.8 Å². The zero-order valence-electron chi connectivity index (χ0n) is 24.9. The zero-order valence-corrected chi connectivity index (χ0v) is 25.5. The molecule has 0 aliphatic heterocycles. The fourth-order valence-corrected chi connectivity index (χ4v) is 6.45. The number of anilines is 1. The minimum atomic E-state index is -4.08. The molecule has 0 radical (unpaired) electrons. The molecule has 1 atom stereocenters. The summed E-state index contributed by atoms with van der Waals surface area (Å²) in [5, 5.41) is 12.3. The second kappa shape index (κ2) is 15.1. The van der Waals surface area contributed by atoms with Crippen molar-refractivity contribution in [2.24, 2.45) is 0 Å². The Bertz CT molecular complexity index is 1620. The van der Waals surface area contributed by atoms with E-state index in [-0.39, 0.29) is 43.7 Å². The van der Waals surface area contributed by atoms with Gasteiger partial charge >= 0.3 is 24.8 Å². The number of carboxylic acid groups (broad SMARTS) is 1. The van der Waals surface area contributed by atoms with E-state index in [0.717, 1.165) is 11.1 Å². The molecule has 0 spiro atoms. The van der Waals surface area contributed by atoms with Gasteiger partial charge in [0.1, 0.15) is 6.04 Å². The number of aliphatic carboxylic acids is 1. The van der Waals surface area contributed by atoms with E-state index in [0.29, 0.717) is 22.6 Å². The summed E-state index contributed by atoms with van der Waals surface area (Å²) in [5.74, 6) is -1.14. The van der Waals surface area contributed by atoms with Crippen molar-refractivity contribution in [1.82, 2.24) is 5.32 Å². The second-order valence-corrected chi connectivity index (χ2v) is 12.3. The van der Waals surface area contributed by atoms with Crippen LogP contribution >= 0.6 is 11.8 Å². The van der Waals surface area contributed by atoms with Gasteiger partial charge in [-0.3, -0.25) is 9.10 Å². The summed E-state index contributed by atoms with van der Waals surface area (Å²) >= 11 is 1.49. The average Bonchev–Trinajstić information content (AvgIpc) is 2.98. The summed E-state index contributed by atoms with van der Waals surface area (Å²) in [6.45, 7) is 1.99. The Labute approximate surface area is 265 Å². The molecule has 4 aromatic carbocycles.